The summed E-state index contributed by atoms with van der Waals surface area (Å²) < 4.78 is 5.70. The third-order valence-electron chi connectivity index (χ3n) is 10.4. The average Bonchev–Trinajstić information content (AvgIpc) is 3.47. The van der Waals surface area contributed by atoms with Gasteiger partial charge in [0.05, 0.1) is 42.2 Å². The number of anilines is 2. The maximum Gasteiger partial charge on any atom is 0.238 e. The number of carbonyl (C=O) groups excluding carboxylic acids is 4. The minimum absolute atomic E-state index is 0.0424. The molecule has 1 N–H and O–H groups in total. The van der Waals surface area contributed by atoms with Crippen LogP contribution in [0.4, 0.5) is 11.4 Å². The highest BCUT2D eigenvalue weighted by atomic mass is 16.5. The highest BCUT2D eigenvalue weighted by molar-refractivity contribution is 6.24. The van der Waals surface area contributed by atoms with Gasteiger partial charge in [-0.15, -0.1) is 0 Å². The molecular formula is C37H36N2O6. The van der Waals surface area contributed by atoms with Crippen LogP contribution in [0.3, 0.4) is 0 Å². The van der Waals surface area contributed by atoms with E-state index in [1.807, 2.05) is 56.3 Å². The first-order valence-corrected chi connectivity index (χ1v) is 15.8. The Bertz CT molecular complexity index is 1740. The van der Waals surface area contributed by atoms with E-state index in [9.17, 15) is 24.3 Å². The molecule has 0 radical (unpaired) electrons. The largest absolute Gasteiger partial charge is 0.508 e. The van der Waals surface area contributed by atoms with E-state index in [2.05, 4.69) is 0 Å². The van der Waals surface area contributed by atoms with Crippen molar-refractivity contribution in [2.45, 2.75) is 45.4 Å². The van der Waals surface area contributed by atoms with Crippen molar-refractivity contribution in [1.82, 2.24) is 0 Å². The van der Waals surface area contributed by atoms with E-state index < -0.39 is 35.5 Å². The third kappa shape index (κ3) is 4.33. The van der Waals surface area contributed by atoms with Crippen LogP contribution in [0, 0.1) is 29.6 Å². The second-order valence-corrected chi connectivity index (χ2v) is 12.5. The van der Waals surface area contributed by atoms with Gasteiger partial charge < -0.3 is 9.84 Å². The van der Waals surface area contributed by atoms with Gasteiger partial charge in [-0.05, 0) is 79.1 Å². The van der Waals surface area contributed by atoms with E-state index in [0.717, 1.165) is 29.5 Å². The summed E-state index contributed by atoms with van der Waals surface area (Å²) in [5.74, 6) is -4.76. The molecule has 4 aliphatic rings. The van der Waals surface area contributed by atoms with Gasteiger partial charge in [-0.3, -0.25) is 29.0 Å². The fraction of sp³-hybridized carbons (Fsp3) is 0.351. The van der Waals surface area contributed by atoms with E-state index in [1.165, 1.54) is 16.9 Å². The molecule has 0 bridgehead atoms. The molecule has 2 aliphatic carbocycles. The minimum atomic E-state index is -0.797. The lowest BCUT2D eigenvalue weighted by Crippen LogP contribution is -2.43. The summed E-state index contributed by atoms with van der Waals surface area (Å²) in [6.07, 6.45) is 4.24. The van der Waals surface area contributed by atoms with Gasteiger partial charge in [0.15, 0.2) is 0 Å². The number of benzene rings is 3. The quantitative estimate of drug-likeness (QED) is 0.292. The normalized spacial score (nSPS) is 27.3. The number of amides is 4. The highest BCUT2D eigenvalue weighted by Gasteiger charge is 2.62. The Labute approximate surface area is 262 Å². The lowest BCUT2D eigenvalue weighted by Gasteiger charge is -2.44. The molecule has 6 unspecified atom stereocenters. The first-order valence-electron chi connectivity index (χ1n) is 15.8. The van der Waals surface area contributed by atoms with E-state index in [0.29, 0.717) is 29.1 Å². The van der Waals surface area contributed by atoms with Gasteiger partial charge in [0.2, 0.25) is 23.6 Å². The van der Waals surface area contributed by atoms with Gasteiger partial charge in [0.1, 0.15) is 11.5 Å². The predicted molar refractivity (Wildman–Crippen MR) is 169 cm³/mol. The van der Waals surface area contributed by atoms with E-state index in [4.69, 9.17) is 4.74 Å². The molecule has 3 fully saturated rings. The summed E-state index contributed by atoms with van der Waals surface area (Å²) in [4.78, 5) is 59.1. The molecule has 6 atom stereocenters. The summed E-state index contributed by atoms with van der Waals surface area (Å²) in [7, 11) is 1.51. The van der Waals surface area contributed by atoms with Gasteiger partial charge in [-0.2, -0.15) is 0 Å². The second-order valence-electron chi connectivity index (χ2n) is 12.5. The molecule has 3 aromatic rings. The standard InChI is InChI=1S/C37H36N2O6/c1-4-20-9-13-22(14-10-20)38-34(41)25-18-17-24-26(30(25)36(38)43)19-27-32(31(24)33-28(40)7-6-8-29(33)45-3)37(44)39(35(27)42)23-15-11-21(5-2)12-16-23/h6-17,25-27,30-32,40H,4-5,18-19H2,1-3H3. The Morgan fingerprint density at radius 1 is 0.711 bits per heavy atom. The first kappa shape index (κ1) is 29.0. The van der Waals surface area contributed by atoms with Crippen LogP contribution in [0.1, 0.15) is 49.3 Å². The molecular weight excluding hydrogens is 568 g/mol. The number of hydrogen-bond acceptors (Lipinski definition) is 6. The Morgan fingerprint density at radius 2 is 1.27 bits per heavy atom. The summed E-state index contributed by atoms with van der Waals surface area (Å²) in [5, 5.41) is 11.2. The van der Waals surface area contributed by atoms with Gasteiger partial charge in [0.25, 0.3) is 0 Å². The van der Waals surface area contributed by atoms with Crippen LogP contribution in [0.15, 0.2) is 78.4 Å². The molecule has 7 rings (SSSR count). The number of phenolic OH excluding ortho intramolecular Hbond substituents is 1. The number of aryl methyl sites for hydroxylation is 2. The molecule has 2 saturated heterocycles. The molecule has 2 aliphatic heterocycles. The van der Waals surface area contributed by atoms with Gasteiger partial charge in [-0.25, -0.2) is 0 Å². The van der Waals surface area contributed by atoms with Crippen molar-refractivity contribution >= 4 is 35.0 Å². The smallest absolute Gasteiger partial charge is 0.238 e. The van der Waals surface area contributed by atoms with Crippen LogP contribution < -0.4 is 14.5 Å². The van der Waals surface area contributed by atoms with Crippen LogP contribution in [0.2, 0.25) is 0 Å². The summed E-state index contributed by atoms with van der Waals surface area (Å²) in [5.41, 5.74) is 4.48. The molecule has 0 aromatic heterocycles. The number of carbonyl (C=O) groups is 4. The zero-order valence-electron chi connectivity index (χ0n) is 25.6. The molecule has 4 amide bonds. The van der Waals surface area contributed by atoms with Crippen molar-refractivity contribution in [2.75, 3.05) is 16.9 Å². The van der Waals surface area contributed by atoms with Crippen molar-refractivity contribution < 1.29 is 29.0 Å². The monoisotopic (exact) mass is 604 g/mol. The lowest BCUT2D eigenvalue weighted by molar-refractivity contribution is -0.126. The Kier molecular flexibility index (Phi) is 7.10. The predicted octanol–water partition coefficient (Wildman–Crippen LogP) is 5.57. The van der Waals surface area contributed by atoms with Gasteiger partial charge in [0, 0.05) is 11.5 Å². The molecule has 3 aromatic carbocycles. The molecule has 2 heterocycles. The number of nitrogens with zero attached hydrogens (tertiary/aromatic N) is 2. The topological polar surface area (TPSA) is 104 Å². The number of methoxy groups -OCH3 is 1. The number of ether oxygens (including phenoxy) is 1. The zero-order chi connectivity index (χ0) is 31.6. The summed E-state index contributed by atoms with van der Waals surface area (Å²) in [6, 6.07) is 19.9. The van der Waals surface area contributed by atoms with Crippen LogP contribution in [-0.4, -0.2) is 35.8 Å². The third-order valence-corrected chi connectivity index (χ3v) is 10.4. The summed E-state index contributed by atoms with van der Waals surface area (Å²) >= 11 is 0. The molecule has 230 valence electrons. The maximum absolute atomic E-state index is 14.3. The number of rotatable bonds is 6. The fourth-order valence-electron chi connectivity index (χ4n) is 8.20. The van der Waals surface area contributed by atoms with E-state index in [-0.39, 0.29) is 35.8 Å². The second kappa shape index (κ2) is 11.0. The van der Waals surface area contributed by atoms with Crippen LogP contribution in [0.5, 0.6) is 11.5 Å². The van der Waals surface area contributed by atoms with Crippen molar-refractivity contribution in [3.8, 4) is 11.5 Å². The SMILES string of the molecule is CCc1ccc(N2C(=O)C3CC=C4C(CC5C(=O)N(c6ccc(CC)cc6)C(=O)C5C4c4c(O)cccc4OC)C3C2=O)cc1. The van der Waals surface area contributed by atoms with Crippen molar-refractivity contribution in [3.63, 3.8) is 0 Å². The Balaban J connectivity index is 1.34. The Morgan fingerprint density at radius 3 is 1.82 bits per heavy atom. The van der Waals surface area contributed by atoms with E-state index in [1.54, 1.807) is 30.3 Å². The molecule has 8 heteroatoms. The number of fused-ring (bicyclic) bond motifs is 4. The minimum Gasteiger partial charge on any atom is -0.508 e. The van der Waals surface area contributed by atoms with Crippen LogP contribution >= 0.6 is 0 Å². The maximum atomic E-state index is 14.3. The van der Waals surface area contributed by atoms with Gasteiger partial charge >= 0.3 is 0 Å². The van der Waals surface area contributed by atoms with Crippen LogP contribution in [-0.2, 0) is 32.0 Å². The summed E-state index contributed by atoms with van der Waals surface area (Å²) in [6.45, 7) is 4.09. The van der Waals surface area contributed by atoms with Crippen molar-refractivity contribution in [3.05, 3.63) is 95.1 Å². The van der Waals surface area contributed by atoms with E-state index >= 15 is 0 Å². The number of imide groups is 2. The van der Waals surface area contributed by atoms with Crippen LogP contribution in [0.25, 0.3) is 0 Å². The molecule has 0 spiro atoms. The first-order chi connectivity index (χ1) is 21.8. The number of hydrogen-bond donors (Lipinski definition) is 1. The lowest BCUT2D eigenvalue weighted by atomic mass is 9.57. The number of aromatic hydroxyl groups is 1. The van der Waals surface area contributed by atoms with Crippen molar-refractivity contribution in [1.29, 1.82) is 0 Å². The highest BCUT2D eigenvalue weighted by Crippen LogP contribution is 2.60. The van der Waals surface area contributed by atoms with Gasteiger partial charge in [-0.1, -0.05) is 55.8 Å². The molecule has 1 saturated carbocycles. The number of allylic oxidation sites excluding steroid dienone is 2. The van der Waals surface area contributed by atoms with Crippen molar-refractivity contribution in [2.24, 2.45) is 29.6 Å². The Hall–Kier alpha value is -4.72. The molecule has 45 heavy (non-hydrogen) atoms. The average molecular weight is 605 g/mol. The number of phenols is 1. The fourth-order valence-corrected chi connectivity index (χ4v) is 8.20. The molecule has 8 nitrogen and oxygen atoms in total. The zero-order valence-corrected chi connectivity index (χ0v) is 25.6.